The zero-order chi connectivity index (χ0) is 16.7. The van der Waals surface area contributed by atoms with Crippen molar-refractivity contribution >= 4 is 5.91 Å². The molecule has 2 rings (SSSR count). The molecule has 0 spiro atoms. The Balaban J connectivity index is 1.91. The fourth-order valence-corrected chi connectivity index (χ4v) is 2.88. The zero-order valence-electron chi connectivity index (χ0n) is 14.1. The monoisotopic (exact) mass is 320 g/mol. The van der Waals surface area contributed by atoms with E-state index in [1.165, 1.54) is 5.56 Å². The van der Waals surface area contributed by atoms with Gasteiger partial charge in [0, 0.05) is 33.3 Å². The van der Waals surface area contributed by atoms with Crippen molar-refractivity contribution in [1.29, 1.82) is 0 Å². The van der Waals surface area contributed by atoms with Crippen molar-refractivity contribution in [2.45, 2.75) is 39.0 Å². The molecule has 1 heterocycles. The van der Waals surface area contributed by atoms with Crippen LogP contribution in [-0.2, 0) is 22.6 Å². The van der Waals surface area contributed by atoms with Crippen LogP contribution in [0, 0.1) is 5.92 Å². The zero-order valence-corrected chi connectivity index (χ0v) is 14.1. The molecule has 1 aromatic carbocycles. The molecule has 0 aromatic heterocycles. The van der Waals surface area contributed by atoms with Gasteiger partial charge >= 0.3 is 0 Å². The molecule has 1 aliphatic heterocycles. The predicted molar refractivity (Wildman–Crippen MR) is 89.8 cm³/mol. The number of ether oxygens (including phenoxy) is 1. The highest BCUT2D eigenvalue weighted by Gasteiger charge is 2.18. The maximum atomic E-state index is 12.0. The SMILES string of the molecule is COCC(C)C(=O)NCc1ccccc1CN1CCC(O)CC1. The summed E-state index contributed by atoms with van der Waals surface area (Å²) in [5.41, 5.74) is 2.39. The van der Waals surface area contributed by atoms with Gasteiger partial charge in [0.25, 0.3) is 0 Å². The predicted octanol–water partition coefficient (Wildman–Crippen LogP) is 1.54. The van der Waals surface area contributed by atoms with Crippen LogP contribution in [0.2, 0.25) is 0 Å². The number of carbonyl (C=O) groups excluding carboxylic acids is 1. The van der Waals surface area contributed by atoms with Gasteiger partial charge in [-0.15, -0.1) is 0 Å². The lowest BCUT2D eigenvalue weighted by Crippen LogP contribution is -2.36. The molecular formula is C18H28N2O3. The lowest BCUT2D eigenvalue weighted by atomic mass is 10.0. The second kappa shape index (κ2) is 9.01. The minimum absolute atomic E-state index is 0.0164. The van der Waals surface area contributed by atoms with Crippen molar-refractivity contribution in [3.8, 4) is 0 Å². The third-order valence-electron chi connectivity index (χ3n) is 4.39. The molecule has 5 nitrogen and oxygen atoms in total. The van der Waals surface area contributed by atoms with Crippen molar-refractivity contribution in [3.05, 3.63) is 35.4 Å². The molecule has 1 fully saturated rings. The van der Waals surface area contributed by atoms with Crippen LogP contribution in [0.25, 0.3) is 0 Å². The molecule has 5 heteroatoms. The molecule has 2 N–H and O–H groups in total. The van der Waals surface area contributed by atoms with Crippen molar-refractivity contribution in [2.24, 2.45) is 5.92 Å². The van der Waals surface area contributed by atoms with Gasteiger partial charge in [0.1, 0.15) is 0 Å². The minimum atomic E-state index is -0.150. The van der Waals surface area contributed by atoms with Gasteiger partial charge in [-0.2, -0.15) is 0 Å². The summed E-state index contributed by atoms with van der Waals surface area (Å²) in [5, 5.41) is 12.6. The number of carbonyl (C=O) groups is 1. The highest BCUT2D eigenvalue weighted by atomic mass is 16.5. The van der Waals surface area contributed by atoms with Gasteiger partial charge in [-0.25, -0.2) is 0 Å². The summed E-state index contributed by atoms with van der Waals surface area (Å²) in [6, 6.07) is 8.22. The molecule has 128 valence electrons. The fourth-order valence-electron chi connectivity index (χ4n) is 2.88. The summed E-state index contributed by atoms with van der Waals surface area (Å²) in [6.07, 6.45) is 1.53. The topological polar surface area (TPSA) is 61.8 Å². The van der Waals surface area contributed by atoms with Crippen LogP contribution in [-0.4, -0.2) is 48.8 Å². The Hall–Kier alpha value is -1.43. The smallest absolute Gasteiger partial charge is 0.225 e. The van der Waals surface area contributed by atoms with E-state index in [1.54, 1.807) is 7.11 Å². The lowest BCUT2D eigenvalue weighted by molar-refractivity contribution is -0.126. The van der Waals surface area contributed by atoms with E-state index in [0.717, 1.165) is 38.0 Å². The average molecular weight is 320 g/mol. The highest BCUT2D eigenvalue weighted by molar-refractivity contribution is 5.78. The maximum Gasteiger partial charge on any atom is 0.225 e. The number of methoxy groups -OCH3 is 1. The first kappa shape index (κ1) is 17.9. The van der Waals surface area contributed by atoms with E-state index in [-0.39, 0.29) is 17.9 Å². The Labute approximate surface area is 138 Å². The van der Waals surface area contributed by atoms with Crippen LogP contribution >= 0.6 is 0 Å². The van der Waals surface area contributed by atoms with E-state index in [0.29, 0.717) is 13.2 Å². The summed E-state index contributed by atoms with van der Waals surface area (Å²) in [6.45, 7) is 5.55. The first-order valence-corrected chi connectivity index (χ1v) is 8.34. The lowest BCUT2D eigenvalue weighted by Gasteiger charge is -2.30. The van der Waals surface area contributed by atoms with Crippen LogP contribution in [0.4, 0.5) is 0 Å². The largest absolute Gasteiger partial charge is 0.393 e. The molecule has 1 amide bonds. The summed E-state index contributed by atoms with van der Waals surface area (Å²) in [7, 11) is 1.61. The van der Waals surface area contributed by atoms with Gasteiger partial charge in [-0.3, -0.25) is 9.69 Å². The van der Waals surface area contributed by atoms with Crippen LogP contribution in [0.3, 0.4) is 0 Å². The summed E-state index contributed by atoms with van der Waals surface area (Å²) in [5.74, 6) is -0.126. The number of nitrogens with one attached hydrogen (secondary N) is 1. The average Bonchev–Trinajstić information content (AvgIpc) is 2.56. The van der Waals surface area contributed by atoms with Crippen LogP contribution in [0.5, 0.6) is 0 Å². The van der Waals surface area contributed by atoms with Gasteiger partial charge < -0.3 is 15.2 Å². The van der Waals surface area contributed by atoms with Crippen LogP contribution < -0.4 is 5.32 Å². The number of rotatable bonds is 7. The Morgan fingerprint density at radius 1 is 1.35 bits per heavy atom. The van der Waals surface area contributed by atoms with Gasteiger partial charge in [0.2, 0.25) is 5.91 Å². The summed E-state index contributed by atoms with van der Waals surface area (Å²) < 4.78 is 5.02. The van der Waals surface area contributed by atoms with E-state index in [2.05, 4.69) is 22.3 Å². The quantitative estimate of drug-likeness (QED) is 0.800. The van der Waals surface area contributed by atoms with Crippen LogP contribution in [0.15, 0.2) is 24.3 Å². The van der Waals surface area contributed by atoms with Gasteiger partial charge in [-0.05, 0) is 24.0 Å². The van der Waals surface area contributed by atoms with E-state index in [1.807, 2.05) is 19.1 Å². The van der Waals surface area contributed by atoms with Gasteiger partial charge in [0.05, 0.1) is 18.6 Å². The Kier molecular flexibility index (Phi) is 7.02. The molecule has 23 heavy (non-hydrogen) atoms. The summed E-state index contributed by atoms with van der Waals surface area (Å²) in [4.78, 5) is 14.4. The molecule has 1 aliphatic rings. The van der Waals surface area contributed by atoms with Crippen molar-refractivity contribution < 1.29 is 14.6 Å². The molecule has 0 aliphatic carbocycles. The fraction of sp³-hybridized carbons (Fsp3) is 0.611. The normalized spacial score (nSPS) is 17.9. The molecule has 1 atom stereocenters. The van der Waals surface area contributed by atoms with Crippen molar-refractivity contribution in [2.75, 3.05) is 26.8 Å². The van der Waals surface area contributed by atoms with E-state index in [9.17, 15) is 9.90 Å². The Bertz CT molecular complexity index is 499. The summed E-state index contributed by atoms with van der Waals surface area (Å²) >= 11 is 0. The van der Waals surface area contributed by atoms with E-state index >= 15 is 0 Å². The highest BCUT2D eigenvalue weighted by Crippen LogP contribution is 2.16. The standard InChI is InChI=1S/C18H28N2O3/c1-14(13-23-2)18(22)19-11-15-5-3-4-6-16(15)12-20-9-7-17(21)8-10-20/h3-6,14,17,21H,7-13H2,1-2H3,(H,19,22). The number of benzene rings is 1. The van der Waals surface area contributed by atoms with Gasteiger partial charge in [-0.1, -0.05) is 31.2 Å². The van der Waals surface area contributed by atoms with Crippen molar-refractivity contribution in [1.82, 2.24) is 10.2 Å². The molecule has 1 saturated heterocycles. The van der Waals surface area contributed by atoms with E-state index < -0.39 is 0 Å². The number of aliphatic hydroxyl groups is 1. The molecular weight excluding hydrogens is 292 g/mol. The number of nitrogens with zero attached hydrogens (tertiary/aromatic N) is 1. The second-order valence-corrected chi connectivity index (χ2v) is 6.35. The van der Waals surface area contributed by atoms with E-state index in [4.69, 9.17) is 4.74 Å². The number of likely N-dealkylation sites (tertiary alicyclic amines) is 1. The number of amides is 1. The van der Waals surface area contributed by atoms with Gasteiger partial charge in [0.15, 0.2) is 0 Å². The molecule has 1 aromatic rings. The number of hydrogen-bond donors (Lipinski definition) is 2. The maximum absolute atomic E-state index is 12.0. The molecule has 0 radical (unpaired) electrons. The minimum Gasteiger partial charge on any atom is -0.393 e. The van der Waals surface area contributed by atoms with Crippen molar-refractivity contribution in [3.63, 3.8) is 0 Å². The molecule has 1 unspecified atom stereocenters. The Morgan fingerprint density at radius 2 is 2.00 bits per heavy atom. The third-order valence-corrected chi connectivity index (χ3v) is 4.39. The Morgan fingerprint density at radius 3 is 2.65 bits per heavy atom. The second-order valence-electron chi connectivity index (χ2n) is 6.35. The first-order chi connectivity index (χ1) is 11.1. The third kappa shape index (κ3) is 5.61. The molecule has 0 bridgehead atoms. The first-order valence-electron chi connectivity index (χ1n) is 8.34. The number of aliphatic hydroxyl groups excluding tert-OH is 1. The molecule has 0 saturated carbocycles. The van der Waals surface area contributed by atoms with Crippen LogP contribution in [0.1, 0.15) is 30.9 Å². The number of piperidine rings is 1. The number of hydrogen-bond acceptors (Lipinski definition) is 4.